The lowest BCUT2D eigenvalue weighted by Crippen LogP contribution is -2.46. The molecular weight excluding hydrogens is 248 g/mol. The Morgan fingerprint density at radius 3 is 2.21 bits per heavy atom. The first kappa shape index (κ1) is 14.8. The van der Waals surface area contributed by atoms with Crippen molar-refractivity contribution in [2.45, 2.75) is 32.9 Å². The molecule has 0 aromatic heterocycles. The number of phenolic OH excluding ortho intramolecular Hbond substituents is 2. The van der Waals surface area contributed by atoms with Crippen molar-refractivity contribution in [1.29, 1.82) is 0 Å². The highest BCUT2D eigenvalue weighted by Crippen LogP contribution is 2.24. The third-order valence-corrected chi connectivity index (χ3v) is 2.41. The number of benzene rings is 1. The number of rotatable bonds is 4. The lowest BCUT2D eigenvalue weighted by molar-refractivity contribution is -0.123. The van der Waals surface area contributed by atoms with E-state index in [2.05, 4.69) is 10.6 Å². The second-order valence-corrected chi connectivity index (χ2v) is 4.56. The molecule has 0 saturated carbocycles. The molecule has 0 aliphatic heterocycles. The molecule has 1 aromatic carbocycles. The molecular formula is C13H18N2O4. The van der Waals surface area contributed by atoms with E-state index < -0.39 is 11.9 Å². The first-order chi connectivity index (χ1) is 8.81. The standard InChI is InChI=1S/C13H18N2O4/c1-7(2)14-12(18)8(3)15-13(19)9-4-5-10(16)11(17)6-9/h4-8,16-17H,1-3H3,(H,14,18)(H,15,19). The van der Waals surface area contributed by atoms with E-state index in [1.807, 2.05) is 13.8 Å². The number of amides is 2. The second-order valence-electron chi connectivity index (χ2n) is 4.56. The summed E-state index contributed by atoms with van der Waals surface area (Å²) in [5.74, 6) is -1.47. The summed E-state index contributed by atoms with van der Waals surface area (Å²) >= 11 is 0. The van der Waals surface area contributed by atoms with E-state index in [9.17, 15) is 14.7 Å². The molecule has 0 fully saturated rings. The van der Waals surface area contributed by atoms with Gasteiger partial charge in [0.25, 0.3) is 5.91 Å². The van der Waals surface area contributed by atoms with E-state index in [1.165, 1.54) is 12.1 Å². The van der Waals surface area contributed by atoms with Crippen LogP contribution in [0, 0.1) is 0 Å². The average molecular weight is 266 g/mol. The van der Waals surface area contributed by atoms with E-state index in [1.54, 1.807) is 6.92 Å². The third kappa shape index (κ3) is 4.17. The summed E-state index contributed by atoms with van der Waals surface area (Å²) in [7, 11) is 0. The number of nitrogens with one attached hydrogen (secondary N) is 2. The minimum absolute atomic E-state index is 0.00966. The fourth-order valence-corrected chi connectivity index (χ4v) is 1.42. The Morgan fingerprint density at radius 1 is 1.05 bits per heavy atom. The van der Waals surface area contributed by atoms with Gasteiger partial charge in [0.2, 0.25) is 5.91 Å². The van der Waals surface area contributed by atoms with Crippen LogP contribution in [0.15, 0.2) is 18.2 Å². The van der Waals surface area contributed by atoms with Crippen LogP contribution < -0.4 is 10.6 Å². The Kier molecular flexibility index (Phi) is 4.74. The molecule has 0 aliphatic rings. The van der Waals surface area contributed by atoms with Crippen molar-refractivity contribution in [1.82, 2.24) is 10.6 Å². The second kappa shape index (κ2) is 6.08. The molecule has 1 unspecified atom stereocenters. The molecule has 2 amide bonds. The maximum Gasteiger partial charge on any atom is 0.252 e. The Balaban J connectivity index is 2.68. The summed E-state index contributed by atoms with van der Waals surface area (Å²) in [6.07, 6.45) is 0. The molecule has 1 aromatic rings. The van der Waals surface area contributed by atoms with Gasteiger partial charge in [0, 0.05) is 11.6 Å². The molecule has 0 heterocycles. The molecule has 104 valence electrons. The van der Waals surface area contributed by atoms with E-state index in [-0.39, 0.29) is 29.0 Å². The normalized spacial score (nSPS) is 12.0. The molecule has 1 rings (SSSR count). The third-order valence-electron chi connectivity index (χ3n) is 2.41. The number of hydrogen-bond acceptors (Lipinski definition) is 4. The van der Waals surface area contributed by atoms with Gasteiger partial charge in [-0.25, -0.2) is 0 Å². The molecule has 19 heavy (non-hydrogen) atoms. The van der Waals surface area contributed by atoms with Crippen LogP contribution in [0.1, 0.15) is 31.1 Å². The highest BCUT2D eigenvalue weighted by atomic mass is 16.3. The molecule has 0 spiro atoms. The van der Waals surface area contributed by atoms with Crippen LogP contribution in [0.4, 0.5) is 0 Å². The fourth-order valence-electron chi connectivity index (χ4n) is 1.42. The van der Waals surface area contributed by atoms with Crippen LogP contribution in [0.3, 0.4) is 0 Å². The molecule has 0 bridgehead atoms. The highest BCUT2D eigenvalue weighted by Gasteiger charge is 2.17. The summed E-state index contributed by atoms with van der Waals surface area (Å²) < 4.78 is 0. The van der Waals surface area contributed by atoms with E-state index in [4.69, 9.17) is 5.11 Å². The van der Waals surface area contributed by atoms with Gasteiger partial charge in [-0.1, -0.05) is 0 Å². The Bertz CT molecular complexity index is 486. The van der Waals surface area contributed by atoms with Crippen LogP contribution in [0.2, 0.25) is 0 Å². The van der Waals surface area contributed by atoms with Crippen molar-refractivity contribution in [2.24, 2.45) is 0 Å². The van der Waals surface area contributed by atoms with Crippen molar-refractivity contribution < 1.29 is 19.8 Å². The van der Waals surface area contributed by atoms with Crippen molar-refractivity contribution in [2.75, 3.05) is 0 Å². The first-order valence-electron chi connectivity index (χ1n) is 5.94. The fraction of sp³-hybridized carbons (Fsp3) is 0.385. The van der Waals surface area contributed by atoms with Gasteiger partial charge in [0.1, 0.15) is 6.04 Å². The maximum absolute atomic E-state index is 11.8. The van der Waals surface area contributed by atoms with E-state index in [0.29, 0.717) is 0 Å². The molecule has 0 saturated heterocycles. The molecule has 6 heteroatoms. The lowest BCUT2D eigenvalue weighted by Gasteiger charge is -2.16. The van der Waals surface area contributed by atoms with Crippen molar-refractivity contribution in [3.05, 3.63) is 23.8 Å². The number of aromatic hydroxyl groups is 2. The van der Waals surface area contributed by atoms with Gasteiger partial charge in [-0.3, -0.25) is 9.59 Å². The highest BCUT2D eigenvalue weighted by molar-refractivity contribution is 5.97. The van der Waals surface area contributed by atoms with Crippen LogP contribution >= 0.6 is 0 Å². The molecule has 4 N–H and O–H groups in total. The molecule has 0 radical (unpaired) electrons. The smallest absolute Gasteiger partial charge is 0.252 e. The SMILES string of the molecule is CC(C)NC(=O)C(C)NC(=O)c1ccc(O)c(O)c1. The number of phenols is 2. The van der Waals surface area contributed by atoms with Crippen molar-refractivity contribution >= 4 is 11.8 Å². The zero-order valence-electron chi connectivity index (χ0n) is 11.1. The van der Waals surface area contributed by atoms with Gasteiger partial charge in [0.05, 0.1) is 0 Å². The molecule has 1 atom stereocenters. The van der Waals surface area contributed by atoms with Gasteiger partial charge in [-0.2, -0.15) is 0 Å². The summed E-state index contributed by atoms with van der Waals surface area (Å²) in [4.78, 5) is 23.5. The Labute approximate surface area is 111 Å². The minimum atomic E-state index is -0.689. The zero-order chi connectivity index (χ0) is 14.6. The van der Waals surface area contributed by atoms with Gasteiger partial charge >= 0.3 is 0 Å². The van der Waals surface area contributed by atoms with Crippen LogP contribution in [-0.2, 0) is 4.79 Å². The van der Waals surface area contributed by atoms with Crippen LogP contribution in [0.5, 0.6) is 11.5 Å². The largest absolute Gasteiger partial charge is 0.504 e. The number of carbonyl (C=O) groups excluding carboxylic acids is 2. The summed E-state index contributed by atoms with van der Waals surface area (Å²) in [5, 5.41) is 23.6. The average Bonchev–Trinajstić information content (AvgIpc) is 2.31. The Morgan fingerprint density at radius 2 is 1.68 bits per heavy atom. The molecule has 6 nitrogen and oxygen atoms in total. The topological polar surface area (TPSA) is 98.7 Å². The lowest BCUT2D eigenvalue weighted by atomic mass is 10.1. The summed E-state index contributed by atoms with van der Waals surface area (Å²) in [6, 6.07) is 3.01. The van der Waals surface area contributed by atoms with Crippen molar-refractivity contribution in [3.63, 3.8) is 0 Å². The number of hydrogen-bond donors (Lipinski definition) is 4. The van der Waals surface area contributed by atoms with Crippen LogP contribution in [0.25, 0.3) is 0 Å². The van der Waals surface area contributed by atoms with Crippen LogP contribution in [-0.4, -0.2) is 34.1 Å². The minimum Gasteiger partial charge on any atom is -0.504 e. The van der Waals surface area contributed by atoms with E-state index >= 15 is 0 Å². The number of carbonyl (C=O) groups is 2. The quantitative estimate of drug-likeness (QED) is 0.604. The Hall–Kier alpha value is -2.24. The predicted octanol–water partition coefficient (Wildman–Crippen LogP) is 0.741. The summed E-state index contributed by atoms with van der Waals surface area (Å²) in [6.45, 7) is 5.21. The monoisotopic (exact) mass is 266 g/mol. The molecule has 0 aliphatic carbocycles. The van der Waals surface area contributed by atoms with Gasteiger partial charge in [-0.15, -0.1) is 0 Å². The zero-order valence-corrected chi connectivity index (χ0v) is 11.1. The van der Waals surface area contributed by atoms with Gasteiger partial charge < -0.3 is 20.8 Å². The van der Waals surface area contributed by atoms with Crippen molar-refractivity contribution in [3.8, 4) is 11.5 Å². The van der Waals surface area contributed by atoms with E-state index in [0.717, 1.165) is 6.07 Å². The maximum atomic E-state index is 11.8. The predicted molar refractivity (Wildman–Crippen MR) is 70.0 cm³/mol. The summed E-state index contributed by atoms with van der Waals surface area (Å²) in [5.41, 5.74) is 0.166. The first-order valence-corrected chi connectivity index (χ1v) is 5.94. The van der Waals surface area contributed by atoms with Gasteiger partial charge in [-0.05, 0) is 39.0 Å². The van der Waals surface area contributed by atoms with Gasteiger partial charge in [0.15, 0.2) is 11.5 Å².